The Morgan fingerprint density at radius 1 is 1.23 bits per heavy atom. The first-order valence-electron chi connectivity index (χ1n) is 9.45. The van der Waals surface area contributed by atoms with E-state index in [-0.39, 0.29) is 11.4 Å². The highest BCUT2D eigenvalue weighted by Crippen LogP contribution is 2.33. The Balaban J connectivity index is 1.51. The quantitative estimate of drug-likeness (QED) is 0.869. The summed E-state index contributed by atoms with van der Waals surface area (Å²) in [4.78, 5) is 14.9. The summed E-state index contributed by atoms with van der Waals surface area (Å²) in [7, 11) is 1.95. The Morgan fingerprint density at radius 2 is 2.12 bits per heavy atom. The Morgan fingerprint density at radius 3 is 2.96 bits per heavy atom. The van der Waals surface area contributed by atoms with Gasteiger partial charge in [0.25, 0.3) is 0 Å². The third-order valence-corrected chi connectivity index (χ3v) is 5.59. The Bertz CT molecular complexity index is 786. The number of amides is 1. The summed E-state index contributed by atoms with van der Waals surface area (Å²) >= 11 is 0. The molecule has 6 nitrogen and oxygen atoms in total. The first-order chi connectivity index (χ1) is 12.6. The van der Waals surface area contributed by atoms with Gasteiger partial charge in [-0.25, -0.2) is 0 Å². The van der Waals surface area contributed by atoms with Gasteiger partial charge in [-0.3, -0.25) is 14.4 Å². The van der Waals surface area contributed by atoms with Crippen molar-refractivity contribution in [1.82, 2.24) is 20.0 Å². The molecule has 138 valence electrons. The van der Waals surface area contributed by atoms with Gasteiger partial charge in [0.05, 0.1) is 6.20 Å². The van der Waals surface area contributed by atoms with Gasteiger partial charge in [0.2, 0.25) is 5.91 Å². The number of rotatable bonds is 2. The standard InChI is InChI=1S/C20H27N5O/c1-24-14-16(12-22-24)15-25-9-4-7-20(8-10-25)11-19(26)21-13-17-5-2-3-6-18(17)23-20/h2-3,5-6,12,14,23H,4,7-11,13,15H2,1H3,(H,21,26)/t20-/m1/s1. The molecule has 26 heavy (non-hydrogen) atoms. The molecule has 0 aliphatic carbocycles. The number of aromatic nitrogens is 2. The average molecular weight is 353 g/mol. The molecule has 4 rings (SSSR count). The number of likely N-dealkylation sites (tertiary alicyclic amines) is 1. The van der Waals surface area contributed by atoms with E-state index in [1.54, 1.807) is 0 Å². The van der Waals surface area contributed by atoms with Crippen molar-refractivity contribution in [3.05, 3.63) is 47.8 Å². The fourth-order valence-electron chi connectivity index (χ4n) is 4.21. The Labute approximate surface area is 154 Å². The van der Waals surface area contributed by atoms with Crippen molar-refractivity contribution in [2.24, 2.45) is 7.05 Å². The van der Waals surface area contributed by atoms with Crippen molar-refractivity contribution >= 4 is 11.6 Å². The predicted octanol–water partition coefficient (Wildman–Crippen LogP) is 2.28. The molecule has 2 aromatic rings. The van der Waals surface area contributed by atoms with E-state index in [0.717, 1.165) is 50.1 Å². The number of anilines is 1. The second kappa shape index (κ2) is 7.11. The molecule has 0 bridgehead atoms. The third kappa shape index (κ3) is 3.75. The van der Waals surface area contributed by atoms with E-state index < -0.39 is 0 Å². The molecule has 1 aromatic carbocycles. The summed E-state index contributed by atoms with van der Waals surface area (Å²) in [6, 6.07) is 8.32. The molecule has 3 heterocycles. The van der Waals surface area contributed by atoms with E-state index in [2.05, 4.69) is 45.0 Å². The summed E-state index contributed by atoms with van der Waals surface area (Å²) in [5, 5.41) is 11.1. The van der Waals surface area contributed by atoms with Gasteiger partial charge < -0.3 is 10.6 Å². The molecule has 2 aliphatic rings. The molecule has 0 radical (unpaired) electrons. The lowest BCUT2D eigenvalue weighted by molar-refractivity contribution is -0.122. The molecule has 1 fully saturated rings. The van der Waals surface area contributed by atoms with Crippen molar-refractivity contribution in [3.63, 3.8) is 0 Å². The largest absolute Gasteiger partial charge is 0.379 e. The van der Waals surface area contributed by atoms with E-state index >= 15 is 0 Å². The minimum atomic E-state index is -0.162. The number of hydrogen-bond acceptors (Lipinski definition) is 4. The lowest BCUT2D eigenvalue weighted by atomic mass is 9.85. The van der Waals surface area contributed by atoms with Crippen LogP contribution < -0.4 is 10.6 Å². The first-order valence-corrected chi connectivity index (χ1v) is 9.45. The number of nitrogens with one attached hydrogen (secondary N) is 2. The molecular weight excluding hydrogens is 326 g/mol. The SMILES string of the molecule is Cn1cc(CN2CCC[C@@]3(CC2)CC(=O)NCc2ccccc2N3)cn1. The molecule has 2 N–H and O–H groups in total. The van der Waals surface area contributed by atoms with Crippen molar-refractivity contribution in [2.45, 2.75) is 44.3 Å². The van der Waals surface area contributed by atoms with Gasteiger partial charge in [-0.2, -0.15) is 5.10 Å². The van der Waals surface area contributed by atoms with Crippen LogP contribution in [0, 0.1) is 0 Å². The summed E-state index contributed by atoms with van der Waals surface area (Å²) in [5.41, 5.74) is 3.41. The molecule has 6 heteroatoms. The van der Waals surface area contributed by atoms with E-state index in [1.165, 1.54) is 5.56 Å². The number of benzene rings is 1. The maximum absolute atomic E-state index is 12.4. The van der Waals surface area contributed by atoms with E-state index in [9.17, 15) is 4.79 Å². The van der Waals surface area contributed by atoms with E-state index in [0.29, 0.717) is 13.0 Å². The molecule has 1 amide bonds. The van der Waals surface area contributed by atoms with Crippen LogP contribution in [0.1, 0.15) is 36.8 Å². The zero-order chi connectivity index (χ0) is 18.0. The molecule has 0 unspecified atom stereocenters. The monoisotopic (exact) mass is 353 g/mol. The summed E-state index contributed by atoms with van der Waals surface area (Å²) in [6.07, 6.45) is 7.63. The molecule has 0 saturated carbocycles. The molecule has 2 aliphatic heterocycles. The predicted molar refractivity (Wildman–Crippen MR) is 102 cm³/mol. The number of carbonyl (C=O) groups excluding carboxylic acids is 1. The maximum Gasteiger partial charge on any atom is 0.222 e. The van der Waals surface area contributed by atoms with Crippen LogP contribution in [0.25, 0.3) is 0 Å². The van der Waals surface area contributed by atoms with Gasteiger partial charge >= 0.3 is 0 Å². The zero-order valence-corrected chi connectivity index (χ0v) is 15.4. The highest BCUT2D eigenvalue weighted by molar-refractivity contribution is 5.79. The summed E-state index contributed by atoms with van der Waals surface area (Å²) in [5.74, 6) is 0.146. The molecule has 1 spiro atoms. The van der Waals surface area contributed by atoms with Crippen molar-refractivity contribution in [3.8, 4) is 0 Å². The van der Waals surface area contributed by atoms with Crippen LogP contribution in [0.5, 0.6) is 0 Å². The van der Waals surface area contributed by atoms with E-state index in [1.807, 2.05) is 24.0 Å². The molecule has 1 atom stereocenters. The number of carbonyl (C=O) groups is 1. The normalized spacial score (nSPS) is 24.1. The minimum absolute atomic E-state index is 0.146. The maximum atomic E-state index is 12.4. The van der Waals surface area contributed by atoms with Gasteiger partial charge in [-0.05, 0) is 37.4 Å². The van der Waals surface area contributed by atoms with Crippen LogP contribution in [0.4, 0.5) is 5.69 Å². The van der Waals surface area contributed by atoms with Crippen LogP contribution in [0.2, 0.25) is 0 Å². The number of fused-ring (bicyclic) bond motifs is 1. The second-order valence-corrected chi connectivity index (χ2v) is 7.67. The highest BCUT2D eigenvalue weighted by atomic mass is 16.1. The van der Waals surface area contributed by atoms with Crippen molar-refractivity contribution in [1.29, 1.82) is 0 Å². The van der Waals surface area contributed by atoms with Crippen LogP contribution in [0.3, 0.4) is 0 Å². The van der Waals surface area contributed by atoms with Crippen LogP contribution in [-0.2, 0) is 24.9 Å². The minimum Gasteiger partial charge on any atom is -0.379 e. The van der Waals surface area contributed by atoms with E-state index in [4.69, 9.17) is 0 Å². The summed E-state index contributed by atoms with van der Waals surface area (Å²) < 4.78 is 1.85. The topological polar surface area (TPSA) is 62.2 Å². The van der Waals surface area contributed by atoms with Crippen LogP contribution in [0.15, 0.2) is 36.7 Å². The Hall–Kier alpha value is -2.34. The fourth-order valence-corrected chi connectivity index (χ4v) is 4.21. The van der Waals surface area contributed by atoms with Gasteiger partial charge in [0.15, 0.2) is 0 Å². The lowest BCUT2D eigenvalue weighted by Gasteiger charge is -2.37. The Kier molecular flexibility index (Phi) is 4.68. The molecule has 1 aromatic heterocycles. The van der Waals surface area contributed by atoms with Gasteiger partial charge in [-0.15, -0.1) is 0 Å². The number of para-hydroxylation sites is 1. The van der Waals surface area contributed by atoms with Gasteiger partial charge in [0, 0.05) is 56.1 Å². The average Bonchev–Trinajstić information content (AvgIpc) is 2.92. The van der Waals surface area contributed by atoms with Crippen LogP contribution in [-0.4, -0.2) is 39.2 Å². The lowest BCUT2D eigenvalue weighted by Crippen LogP contribution is -2.46. The smallest absolute Gasteiger partial charge is 0.222 e. The zero-order valence-electron chi connectivity index (χ0n) is 15.4. The van der Waals surface area contributed by atoms with Crippen molar-refractivity contribution in [2.75, 3.05) is 18.4 Å². The molecular formula is C20H27N5O. The highest BCUT2D eigenvalue weighted by Gasteiger charge is 2.36. The number of aryl methyl sites for hydroxylation is 1. The van der Waals surface area contributed by atoms with Crippen LogP contribution >= 0.6 is 0 Å². The number of nitrogens with zero attached hydrogens (tertiary/aromatic N) is 3. The molecule has 1 saturated heterocycles. The van der Waals surface area contributed by atoms with Crippen molar-refractivity contribution < 1.29 is 4.79 Å². The third-order valence-electron chi connectivity index (χ3n) is 5.59. The van der Waals surface area contributed by atoms with Gasteiger partial charge in [0.1, 0.15) is 0 Å². The first kappa shape index (κ1) is 17.1. The second-order valence-electron chi connectivity index (χ2n) is 7.67. The summed E-state index contributed by atoms with van der Waals surface area (Å²) in [6.45, 7) is 3.57. The number of hydrogen-bond donors (Lipinski definition) is 2. The fraction of sp³-hybridized carbons (Fsp3) is 0.500. The van der Waals surface area contributed by atoms with Gasteiger partial charge in [-0.1, -0.05) is 18.2 Å².